The van der Waals surface area contributed by atoms with E-state index >= 15 is 0 Å². The Morgan fingerprint density at radius 1 is 1.04 bits per heavy atom. The summed E-state index contributed by atoms with van der Waals surface area (Å²) in [5.74, 6) is -1.68. The molecule has 0 aliphatic carbocycles. The van der Waals surface area contributed by atoms with Gasteiger partial charge in [0.2, 0.25) is 8.32 Å². The molecular formula is C19H29BrF2OSi. The molecule has 0 heterocycles. The van der Waals surface area contributed by atoms with Crippen LogP contribution in [-0.4, -0.2) is 14.9 Å². The van der Waals surface area contributed by atoms with Crippen LogP contribution in [-0.2, 0) is 4.43 Å². The summed E-state index contributed by atoms with van der Waals surface area (Å²) in [6.07, 6.45) is 1.67. The molecule has 0 aromatic heterocycles. The Bertz CT molecular complexity index is 576. The van der Waals surface area contributed by atoms with E-state index in [1.165, 1.54) is 6.07 Å². The monoisotopic (exact) mass is 418 g/mol. The van der Waals surface area contributed by atoms with Crippen LogP contribution in [0, 0.1) is 11.6 Å². The fourth-order valence-corrected chi connectivity index (χ4v) is 9.48. The van der Waals surface area contributed by atoms with Crippen LogP contribution in [0.4, 0.5) is 8.78 Å². The molecule has 24 heavy (non-hydrogen) atoms. The van der Waals surface area contributed by atoms with Crippen LogP contribution in [0.5, 0.6) is 0 Å². The largest absolute Gasteiger partial charge is 0.412 e. The average Bonchev–Trinajstić information content (AvgIpc) is 2.47. The van der Waals surface area contributed by atoms with E-state index in [1.807, 2.05) is 6.92 Å². The SMILES string of the molecule is C/C(=C\c1ccc(Br)c(F)c1F)CO[Si](C(C)C)(C(C)C)C(C)C. The smallest absolute Gasteiger partial charge is 0.200 e. The Hall–Kier alpha value is -0.523. The minimum atomic E-state index is -1.96. The Balaban J connectivity index is 3.02. The van der Waals surface area contributed by atoms with Crippen molar-refractivity contribution < 1.29 is 13.2 Å². The summed E-state index contributed by atoms with van der Waals surface area (Å²) in [5.41, 5.74) is 2.63. The van der Waals surface area contributed by atoms with Crippen molar-refractivity contribution in [1.82, 2.24) is 0 Å². The summed E-state index contributed by atoms with van der Waals surface area (Å²) in [7, 11) is -1.96. The maximum Gasteiger partial charge on any atom is 0.200 e. The lowest BCUT2D eigenvalue weighted by molar-refractivity contribution is 0.308. The first-order valence-corrected chi connectivity index (χ1v) is 11.4. The van der Waals surface area contributed by atoms with Crippen LogP contribution < -0.4 is 0 Å². The second-order valence-corrected chi connectivity index (χ2v) is 13.7. The van der Waals surface area contributed by atoms with Crippen molar-refractivity contribution in [3.8, 4) is 0 Å². The highest BCUT2D eigenvalue weighted by atomic mass is 79.9. The Kier molecular flexibility index (Phi) is 7.82. The molecule has 1 rings (SSSR count). The van der Waals surface area contributed by atoms with Gasteiger partial charge in [-0.05, 0) is 51.1 Å². The van der Waals surface area contributed by atoms with Gasteiger partial charge in [-0.3, -0.25) is 0 Å². The van der Waals surface area contributed by atoms with Crippen LogP contribution in [0.2, 0.25) is 16.6 Å². The van der Waals surface area contributed by atoms with E-state index in [0.29, 0.717) is 23.2 Å². The number of rotatable bonds is 7. The normalized spacial score (nSPS) is 13.5. The molecule has 0 aliphatic heterocycles. The van der Waals surface area contributed by atoms with Crippen LogP contribution >= 0.6 is 15.9 Å². The minimum Gasteiger partial charge on any atom is -0.412 e. The van der Waals surface area contributed by atoms with E-state index in [-0.39, 0.29) is 10.0 Å². The van der Waals surface area contributed by atoms with Crippen molar-refractivity contribution in [3.05, 3.63) is 39.4 Å². The summed E-state index contributed by atoms with van der Waals surface area (Å²) >= 11 is 3.00. The van der Waals surface area contributed by atoms with Gasteiger partial charge in [0, 0.05) is 5.56 Å². The third-order valence-corrected chi connectivity index (χ3v) is 11.4. The molecular weight excluding hydrogens is 390 g/mol. The quantitative estimate of drug-likeness (QED) is 0.332. The van der Waals surface area contributed by atoms with Crippen LogP contribution in [0.15, 0.2) is 22.2 Å². The molecule has 0 unspecified atom stereocenters. The number of halogens is 3. The number of hydrogen-bond acceptors (Lipinski definition) is 1. The van der Waals surface area contributed by atoms with E-state index in [2.05, 4.69) is 57.5 Å². The second kappa shape index (κ2) is 8.72. The highest BCUT2D eigenvalue weighted by Gasteiger charge is 2.44. The highest BCUT2D eigenvalue weighted by molar-refractivity contribution is 9.10. The van der Waals surface area contributed by atoms with E-state index in [0.717, 1.165) is 5.57 Å². The lowest BCUT2D eigenvalue weighted by atomic mass is 10.1. The molecule has 1 aromatic carbocycles. The van der Waals surface area contributed by atoms with Crippen molar-refractivity contribution in [2.45, 2.75) is 65.1 Å². The van der Waals surface area contributed by atoms with Gasteiger partial charge >= 0.3 is 0 Å². The number of hydrogen-bond donors (Lipinski definition) is 0. The molecule has 0 N–H and O–H groups in total. The predicted molar refractivity (Wildman–Crippen MR) is 105 cm³/mol. The molecule has 1 nitrogen and oxygen atoms in total. The lowest BCUT2D eigenvalue weighted by Gasteiger charge is -2.42. The zero-order valence-electron chi connectivity index (χ0n) is 15.7. The lowest BCUT2D eigenvalue weighted by Crippen LogP contribution is -2.48. The second-order valence-electron chi connectivity index (χ2n) is 7.36. The third kappa shape index (κ3) is 4.55. The van der Waals surface area contributed by atoms with E-state index in [1.54, 1.807) is 12.1 Å². The fraction of sp³-hybridized carbons (Fsp3) is 0.579. The maximum absolute atomic E-state index is 14.0. The first-order valence-electron chi connectivity index (χ1n) is 8.48. The highest BCUT2D eigenvalue weighted by Crippen LogP contribution is 2.42. The van der Waals surface area contributed by atoms with Gasteiger partial charge in [0.05, 0.1) is 11.1 Å². The first kappa shape index (κ1) is 21.5. The fourth-order valence-electron chi connectivity index (χ4n) is 3.70. The van der Waals surface area contributed by atoms with Crippen LogP contribution in [0.3, 0.4) is 0 Å². The molecule has 0 bridgehead atoms. The third-order valence-electron chi connectivity index (χ3n) is 4.72. The summed E-state index contributed by atoms with van der Waals surface area (Å²) in [5, 5.41) is 0. The standard InChI is InChI=1S/C19H29BrF2OSi/c1-12(2)24(13(3)4,14(5)6)23-11-15(7)10-16-8-9-17(20)19(22)18(16)21/h8-10,12-14H,11H2,1-7H3/b15-10+. The van der Waals surface area contributed by atoms with Gasteiger partial charge in [0.1, 0.15) is 0 Å². The molecule has 0 spiro atoms. The molecule has 0 atom stereocenters. The van der Waals surface area contributed by atoms with Crippen molar-refractivity contribution in [1.29, 1.82) is 0 Å². The maximum atomic E-state index is 14.0. The molecule has 1 aromatic rings. The first-order chi connectivity index (χ1) is 11.0. The zero-order valence-corrected chi connectivity index (χ0v) is 18.3. The van der Waals surface area contributed by atoms with Gasteiger partial charge in [-0.15, -0.1) is 0 Å². The summed E-state index contributed by atoms with van der Waals surface area (Å²) in [6, 6.07) is 3.10. The summed E-state index contributed by atoms with van der Waals surface area (Å²) in [6.45, 7) is 15.7. The van der Waals surface area contributed by atoms with E-state index in [4.69, 9.17) is 4.43 Å². The van der Waals surface area contributed by atoms with Crippen LogP contribution in [0.1, 0.15) is 54.0 Å². The Morgan fingerprint density at radius 3 is 2.00 bits per heavy atom. The van der Waals surface area contributed by atoms with Crippen molar-refractivity contribution >= 4 is 30.3 Å². The molecule has 0 saturated carbocycles. The van der Waals surface area contributed by atoms with E-state index < -0.39 is 20.0 Å². The summed E-state index contributed by atoms with van der Waals surface area (Å²) < 4.78 is 34.3. The Morgan fingerprint density at radius 2 is 1.54 bits per heavy atom. The van der Waals surface area contributed by atoms with Gasteiger partial charge < -0.3 is 4.43 Å². The number of benzene rings is 1. The van der Waals surface area contributed by atoms with Crippen molar-refractivity contribution in [3.63, 3.8) is 0 Å². The van der Waals surface area contributed by atoms with Gasteiger partial charge in [0.15, 0.2) is 11.6 Å². The van der Waals surface area contributed by atoms with Crippen molar-refractivity contribution in [2.75, 3.05) is 6.61 Å². The molecule has 0 fully saturated rings. The van der Waals surface area contributed by atoms with Gasteiger partial charge in [-0.2, -0.15) is 0 Å². The van der Waals surface area contributed by atoms with Crippen LogP contribution in [0.25, 0.3) is 6.08 Å². The van der Waals surface area contributed by atoms with Gasteiger partial charge in [-0.1, -0.05) is 53.7 Å². The molecule has 0 saturated heterocycles. The van der Waals surface area contributed by atoms with Crippen molar-refractivity contribution in [2.24, 2.45) is 0 Å². The van der Waals surface area contributed by atoms with Gasteiger partial charge in [-0.25, -0.2) is 8.78 Å². The molecule has 0 amide bonds. The predicted octanol–water partition coefficient (Wildman–Crippen LogP) is 7.32. The average molecular weight is 419 g/mol. The topological polar surface area (TPSA) is 9.23 Å². The Labute approximate surface area is 154 Å². The van der Waals surface area contributed by atoms with E-state index in [9.17, 15) is 8.78 Å². The summed E-state index contributed by atoms with van der Waals surface area (Å²) in [4.78, 5) is 0. The molecule has 5 heteroatoms. The van der Waals surface area contributed by atoms with Gasteiger partial charge in [0.25, 0.3) is 0 Å². The molecule has 136 valence electrons. The minimum absolute atomic E-state index is 0.136. The molecule has 0 aliphatic rings. The zero-order chi connectivity index (χ0) is 18.7. The molecule has 0 radical (unpaired) electrons.